The van der Waals surface area contributed by atoms with Gasteiger partial charge in [-0.2, -0.15) is 5.10 Å². The van der Waals surface area contributed by atoms with E-state index in [1.54, 1.807) is 55.6 Å². The first kappa shape index (κ1) is 23.0. The van der Waals surface area contributed by atoms with E-state index in [4.69, 9.17) is 4.74 Å². The van der Waals surface area contributed by atoms with E-state index in [0.717, 1.165) is 28.3 Å². The summed E-state index contributed by atoms with van der Waals surface area (Å²) in [5, 5.41) is 10.2. The molecule has 2 amide bonds. The van der Waals surface area contributed by atoms with Gasteiger partial charge in [-0.15, -0.1) is 0 Å². The number of hydrogen-bond acceptors (Lipinski definition) is 5. The maximum absolute atomic E-state index is 12.9. The number of methoxy groups -OCH3 is 1. The predicted octanol–water partition coefficient (Wildman–Crippen LogP) is 4.49. The largest absolute Gasteiger partial charge is 0.497 e. The van der Waals surface area contributed by atoms with Crippen LogP contribution in [0.1, 0.15) is 39.4 Å². The summed E-state index contributed by atoms with van der Waals surface area (Å²) in [4.78, 5) is 30.3. The Morgan fingerprint density at radius 1 is 1.00 bits per heavy atom. The number of amides is 2. The van der Waals surface area contributed by atoms with Crippen molar-refractivity contribution in [2.45, 2.75) is 33.6 Å². The van der Waals surface area contributed by atoms with Gasteiger partial charge in [0, 0.05) is 35.6 Å². The van der Waals surface area contributed by atoms with E-state index in [1.807, 2.05) is 31.4 Å². The van der Waals surface area contributed by atoms with E-state index in [2.05, 4.69) is 20.7 Å². The molecular weight excluding hydrogens is 430 g/mol. The van der Waals surface area contributed by atoms with E-state index in [1.165, 1.54) is 0 Å². The Balaban J connectivity index is 1.46. The van der Waals surface area contributed by atoms with Gasteiger partial charge in [0.1, 0.15) is 5.75 Å². The van der Waals surface area contributed by atoms with E-state index in [9.17, 15) is 9.59 Å². The summed E-state index contributed by atoms with van der Waals surface area (Å²) >= 11 is 0. The molecule has 2 aromatic heterocycles. The first-order valence-electron chi connectivity index (χ1n) is 11.0. The van der Waals surface area contributed by atoms with Crippen molar-refractivity contribution in [3.63, 3.8) is 0 Å². The number of ether oxygens (including phenoxy) is 1. The van der Waals surface area contributed by atoms with Gasteiger partial charge in [-0.25, -0.2) is 9.50 Å². The highest BCUT2D eigenvalue weighted by Gasteiger charge is 2.16. The second-order valence-electron chi connectivity index (χ2n) is 8.10. The van der Waals surface area contributed by atoms with Crippen LogP contribution in [-0.2, 0) is 11.2 Å². The monoisotopic (exact) mass is 457 g/mol. The zero-order valence-electron chi connectivity index (χ0n) is 19.7. The van der Waals surface area contributed by atoms with Crippen molar-refractivity contribution in [2.75, 3.05) is 17.7 Å². The van der Waals surface area contributed by atoms with Crippen LogP contribution in [0.4, 0.5) is 11.4 Å². The lowest BCUT2D eigenvalue weighted by atomic mass is 10.1. The third-order valence-corrected chi connectivity index (χ3v) is 5.66. The van der Waals surface area contributed by atoms with Crippen molar-refractivity contribution in [1.82, 2.24) is 14.6 Å². The lowest BCUT2D eigenvalue weighted by molar-refractivity contribution is -0.116. The van der Waals surface area contributed by atoms with Crippen LogP contribution < -0.4 is 15.4 Å². The number of aromatic nitrogens is 3. The number of carbonyl (C=O) groups excluding carboxylic acids is 2. The Morgan fingerprint density at radius 3 is 2.59 bits per heavy atom. The average Bonchev–Trinajstić information content (AvgIpc) is 3.19. The molecule has 8 heteroatoms. The normalized spacial score (nSPS) is 10.8. The van der Waals surface area contributed by atoms with Crippen molar-refractivity contribution in [2.24, 2.45) is 0 Å². The topological polar surface area (TPSA) is 97.6 Å². The number of benzene rings is 2. The van der Waals surface area contributed by atoms with Crippen molar-refractivity contribution < 1.29 is 14.3 Å². The molecule has 0 aliphatic heterocycles. The van der Waals surface area contributed by atoms with Gasteiger partial charge in [0.25, 0.3) is 5.91 Å². The summed E-state index contributed by atoms with van der Waals surface area (Å²) in [5.74, 6) is 0.139. The minimum Gasteiger partial charge on any atom is -0.497 e. The highest BCUT2D eigenvalue weighted by Crippen LogP contribution is 2.21. The molecule has 0 aliphatic rings. The summed E-state index contributed by atoms with van der Waals surface area (Å²) in [6, 6.07) is 16.0. The van der Waals surface area contributed by atoms with Crippen LogP contribution in [0.5, 0.6) is 5.75 Å². The lowest BCUT2D eigenvalue weighted by Gasteiger charge is -2.13. The van der Waals surface area contributed by atoms with Gasteiger partial charge in [0.05, 0.1) is 24.1 Å². The Morgan fingerprint density at radius 2 is 1.79 bits per heavy atom. The van der Waals surface area contributed by atoms with E-state index >= 15 is 0 Å². The van der Waals surface area contributed by atoms with Crippen molar-refractivity contribution in [3.05, 3.63) is 82.8 Å². The number of nitrogens with one attached hydrogen (secondary N) is 2. The van der Waals surface area contributed by atoms with E-state index < -0.39 is 0 Å². The summed E-state index contributed by atoms with van der Waals surface area (Å²) in [6.07, 6.45) is 0.768. The molecule has 2 aromatic carbocycles. The van der Waals surface area contributed by atoms with Gasteiger partial charge in [0.2, 0.25) is 5.91 Å². The van der Waals surface area contributed by atoms with Crippen LogP contribution >= 0.6 is 0 Å². The number of nitrogens with zero attached hydrogens (tertiary/aromatic N) is 3. The zero-order valence-corrected chi connectivity index (χ0v) is 19.7. The quantitative estimate of drug-likeness (QED) is 0.426. The SMILES string of the molecule is COc1cccc(NC(=O)c2ccccc2NC(=O)CCc2c(C)nc3cc(C)nn3c2C)c1. The number of para-hydroxylation sites is 1. The van der Waals surface area contributed by atoms with Gasteiger partial charge >= 0.3 is 0 Å². The predicted molar refractivity (Wildman–Crippen MR) is 132 cm³/mol. The third-order valence-electron chi connectivity index (χ3n) is 5.66. The van der Waals surface area contributed by atoms with Crippen LogP contribution in [-0.4, -0.2) is 33.5 Å². The van der Waals surface area contributed by atoms with Crippen LogP contribution in [0.2, 0.25) is 0 Å². The number of rotatable bonds is 7. The molecular formula is C26H27N5O3. The Kier molecular flexibility index (Phi) is 6.58. The van der Waals surface area contributed by atoms with Crippen LogP contribution in [0.25, 0.3) is 5.65 Å². The van der Waals surface area contributed by atoms with Gasteiger partial charge in [-0.1, -0.05) is 18.2 Å². The smallest absolute Gasteiger partial charge is 0.257 e. The van der Waals surface area contributed by atoms with Crippen molar-refractivity contribution >= 4 is 28.8 Å². The molecule has 0 aliphatic carbocycles. The van der Waals surface area contributed by atoms with Gasteiger partial charge in [0.15, 0.2) is 5.65 Å². The summed E-state index contributed by atoms with van der Waals surface area (Å²) in [5.41, 5.74) is 5.99. The van der Waals surface area contributed by atoms with Crippen LogP contribution in [0, 0.1) is 20.8 Å². The number of aryl methyl sites for hydroxylation is 3. The first-order valence-corrected chi connectivity index (χ1v) is 11.0. The molecule has 4 aromatic rings. The Labute approximate surface area is 198 Å². The van der Waals surface area contributed by atoms with Gasteiger partial charge in [-0.05, 0) is 57.0 Å². The van der Waals surface area contributed by atoms with Crippen LogP contribution in [0.15, 0.2) is 54.6 Å². The second-order valence-corrected chi connectivity index (χ2v) is 8.10. The standard InChI is InChI=1S/C26H27N5O3/c1-16-14-24-27-17(2)21(18(3)31(24)30-16)12-13-25(32)29-23-11-6-5-10-22(23)26(33)28-19-8-7-9-20(15-19)34-4/h5-11,14-15H,12-13H2,1-4H3,(H,28,33)(H,29,32). The molecule has 0 radical (unpaired) electrons. The fourth-order valence-corrected chi connectivity index (χ4v) is 3.94. The molecule has 2 N–H and O–H groups in total. The summed E-state index contributed by atoms with van der Waals surface area (Å²) < 4.78 is 7.02. The minimum atomic E-state index is -0.320. The highest BCUT2D eigenvalue weighted by atomic mass is 16.5. The Bertz CT molecular complexity index is 1380. The fraction of sp³-hybridized carbons (Fsp3) is 0.231. The number of anilines is 2. The number of carbonyl (C=O) groups is 2. The molecule has 0 spiro atoms. The summed E-state index contributed by atoms with van der Waals surface area (Å²) in [7, 11) is 1.57. The number of fused-ring (bicyclic) bond motifs is 1. The molecule has 174 valence electrons. The zero-order chi connectivity index (χ0) is 24.2. The molecule has 8 nitrogen and oxygen atoms in total. The van der Waals surface area contributed by atoms with Crippen LogP contribution in [0.3, 0.4) is 0 Å². The molecule has 0 fully saturated rings. The van der Waals surface area contributed by atoms with Crippen molar-refractivity contribution in [1.29, 1.82) is 0 Å². The highest BCUT2D eigenvalue weighted by molar-refractivity contribution is 6.10. The van der Waals surface area contributed by atoms with Crippen molar-refractivity contribution in [3.8, 4) is 5.75 Å². The molecule has 34 heavy (non-hydrogen) atoms. The Hall–Kier alpha value is -4.20. The second kappa shape index (κ2) is 9.74. The lowest BCUT2D eigenvalue weighted by Crippen LogP contribution is -2.19. The van der Waals surface area contributed by atoms with E-state index in [-0.39, 0.29) is 18.2 Å². The molecule has 4 rings (SSSR count). The van der Waals surface area contributed by atoms with Gasteiger partial charge in [-0.3, -0.25) is 9.59 Å². The molecule has 0 saturated carbocycles. The maximum atomic E-state index is 12.9. The molecule has 0 bridgehead atoms. The molecule has 0 atom stereocenters. The first-order chi connectivity index (χ1) is 16.4. The summed E-state index contributed by atoms with van der Waals surface area (Å²) in [6.45, 7) is 5.86. The molecule has 0 saturated heterocycles. The van der Waals surface area contributed by atoms with Gasteiger partial charge < -0.3 is 15.4 Å². The fourth-order valence-electron chi connectivity index (χ4n) is 3.94. The maximum Gasteiger partial charge on any atom is 0.257 e. The number of hydrogen-bond donors (Lipinski definition) is 2. The van der Waals surface area contributed by atoms with E-state index in [0.29, 0.717) is 29.1 Å². The molecule has 2 heterocycles. The minimum absolute atomic E-state index is 0.183. The third kappa shape index (κ3) is 4.91. The molecule has 0 unspecified atom stereocenters. The average molecular weight is 458 g/mol.